The van der Waals surface area contributed by atoms with E-state index in [1.165, 1.54) is 12.1 Å². The van der Waals surface area contributed by atoms with Crippen molar-refractivity contribution in [2.24, 2.45) is 0 Å². The van der Waals surface area contributed by atoms with E-state index in [2.05, 4.69) is 11.7 Å². The number of benzene rings is 2. The summed E-state index contributed by atoms with van der Waals surface area (Å²) in [5, 5.41) is 0. The minimum Gasteiger partial charge on any atom is -0.494 e. The Morgan fingerprint density at radius 2 is 1.74 bits per heavy atom. The lowest BCUT2D eigenvalue weighted by molar-refractivity contribution is -0.140. The second-order valence-electron chi connectivity index (χ2n) is 6.19. The van der Waals surface area contributed by atoms with Crippen LogP contribution in [0.4, 0.5) is 22.0 Å². The van der Waals surface area contributed by atoms with Crippen LogP contribution in [0.3, 0.4) is 0 Å². The number of methoxy groups -OCH3 is 1. The second kappa shape index (κ2) is 9.02. The van der Waals surface area contributed by atoms with Crippen LogP contribution in [-0.2, 0) is 12.6 Å². The molecule has 0 aliphatic rings. The van der Waals surface area contributed by atoms with Crippen molar-refractivity contribution in [3.8, 4) is 5.75 Å². The summed E-state index contributed by atoms with van der Waals surface area (Å²) in [6.45, 7) is 2.06. The topological polar surface area (TPSA) is 9.23 Å². The van der Waals surface area contributed by atoms with E-state index in [1.54, 1.807) is 12.1 Å². The van der Waals surface area contributed by atoms with E-state index in [-0.39, 0.29) is 5.56 Å². The zero-order chi connectivity index (χ0) is 20.0. The van der Waals surface area contributed by atoms with Crippen LogP contribution in [0.25, 0.3) is 12.2 Å². The SMILES string of the molecule is CCCCCc1ccc(C=Cc2ccc(OC)c(F)c2C(F)(F)F)cc1F. The van der Waals surface area contributed by atoms with Crippen molar-refractivity contribution in [2.45, 2.75) is 38.8 Å². The van der Waals surface area contributed by atoms with Crippen molar-refractivity contribution in [3.05, 3.63) is 64.2 Å². The molecule has 2 rings (SSSR count). The second-order valence-corrected chi connectivity index (χ2v) is 6.19. The Balaban J connectivity index is 2.30. The number of halogens is 5. The average molecular weight is 384 g/mol. The molecule has 2 aromatic rings. The number of hydrogen-bond donors (Lipinski definition) is 0. The zero-order valence-electron chi connectivity index (χ0n) is 15.2. The molecule has 146 valence electrons. The lowest BCUT2D eigenvalue weighted by Gasteiger charge is -2.14. The Morgan fingerprint density at radius 1 is 1.00 bits per heavy atom. The molecule has 0 saturated heterocycles. The van der Waals surface area contributed by atoms with E-state index >= 15 is 0 Å². The standard InChI is InChI=1S/C21H21F5O/c1-3-4-5-6-15-9-7-14(13-17(15)22)8-10-16-11-12-18(27-2)20(23)19(16)21(24,25)26/h7-13H,3-6H2,1-2H3. The monoisotopic (exact) mass is 384 g/mol. The first-order chi connectivity index (χ1) is 12.8. The highest BCUT2D eigenvalue weighted by molar-refractivity contribution is 5.72. The number of unbranched alkanes of at least 4 members (excludes halogenated alkanes) is 2. The third kappa shape index (κ3) is 5.31. The van der Waals surface area contributed by atoms with Gasteiger partial charge in [-0.05, 0) is 41.7 Å². The summed E-state index contributed by atoms with van der Waals surface area (Å²) >= 11 is 0. The fourth-order valence-electron chi connectivity index (χ4n) is 2.78. The molecular weight excluding hydrogens is 363 g/mol. The van der Waals surface area contributed by atoms with E-state index in [0.29, 0.717) is 17.5 Å². The van der Waals surface area contributed by atoms with Crippen molar-refractivity contribution in [1.82, 2.24) is 0 Å². The van der Waals surface area contributed by atoms with Gasteiger partial charge in [0.15, 0.2) is 11.6 Å². The molecule has 0 aliphatic carbocycles. The molecule has 0 amide bonds. The van der Waals surface area contributed by atoms with Crippen LogP contribution in [0.5, 0.6) is 5.75 Å². The first-order valence-corrected chi connectivity index (χ1v) is 8.68. The molecule has 27 heavy (non-hydrogen) atoms. The molecule has 0 aliphatic heterocycles. The van der Waals surface area contributed by atoms with E-state index in [0.717, 1.165) is 44.6 Å². The molecule has 0 heterocycles. The van der Waals surface area contributed by atoms with Crippen molar-refractivity contribution in [1.29, 1.82) is 0 Å². The zero-order valence-corrected chi connectivity index (χ0v) is 15.2. The molecular formula is C21H21F5O. The number of hydrogen-bond acceptors (Lipinski definition) is 1. The lowest BCUT2D eigenvalue weighted by Crippen LogP contribution is -2.11. The molecule has 0 fully saturated rings. The number of aryl methyl sites for hydroxylation is 1. The van der Waals surface area contributed by atoms with Crippen molar-refractivity contribution >= 4 is 12.2 Å². The van der Waals surface area contributed by atoms with Crippen molar-refractivity contribution in [3.63, 3.8) is 0 Å². The van der Waals surface area contributed by atoms with Gasteiger partial charge in [-0.3, -0.25) is 0 Å². The Labute approximate surface area is 155 Å². The van der Waals surface area contributed by atoms with Crippen molar-refractivity contribution < 1.29 is 26.7 Å². The molecule has 0 spiro atoms. The molecule has 0 radical (unpaired) electrons. The van der Waals surface area contributed by atoms with E-state index in [9.17, 15) is 22.0 Å². The lowest BCUT2D eigenvalue weighted by atomic mass is 10.0. The molecule has 0 N–H and O–H groups in total. The van der Waals surface area contributed by atoms with Crippen LogP contribution in [0.2, 0.25) is 0 Å². The number of rotatable bonds is 7. The first kappa shape index (κ1) is 20.9. The summed E-state index contributed by atoms with van der Waals surface area (Å²) in [7, 11) is 1.10. The summed E-state index contributed by atoms with van der Waals surface area (Å²) < 4.78 is 72.5. The molecule has 0 atom stereocenters. The average Bonchev–Trinajstić information content (AvgIpc) is 2.60. The number of ether oxygens (including phenoxy) is 1. The smallest absolute Gasteiger partial charge is 0.419 e. The molecule has 6 heteroatoms. The van der Waals surface area contributed by atoms with Gasteiger partial charge in [-0.2, -0.15) is 13.2 Å². The van der Waals surface area contributed by atoms with Gasteiger partial charge in [0.25, 0.3) is 0 Å². The van der Waals surface area contributed by atoms with Crippen LogP contribution >= 0.6 is 0 Å². The fourth-order valence-corrected chi connectivity index (χ4v) is 2.78. The quantitative estimate of drug-likeness (QED) is 0.287. The van der Waals surface area contributed by atoms with Gasteiger partial charge in [-0.15, -0.1) is 0 Å². The molecule has 0 aromatic heterocycles. The molecule has 0 bridgehead atoms. The van der Waals surface area contributed by atoms with Gasteiger partial charge in [-0.1, -0.05) is 50.1 Å². The predicted molar refractivity (Wildman–Crippen MR) is 96.5 cm³/mol. The van der Waals surface area contributed by atoms with Gasteiger partial charge < -0.3 is 4.74 Å². The highest BCUT2D eigenvalue weighted by atomic mass is 19.4. The maximum atomic E-state index is 14.1. The summed E-state index contributed by atoms with van der Waals surface area (Å²) in [4.78, 5) is 0. The largest absolute Gasteiger partial charge is 0.494 e. The Morgan fingerprint density at radius 3 is 2.33 bits per heavy atom. The van der Waals surface area contributed by atoms with E-state index < -0.39 is 29.1 Å². The normalized spacial score (nSPS) is 12.0. The van der Waals surface area contributed by atoms with Gasteiger partial charge >= 0.3 is 6.18 Å². The van der Waals surface area contributed by atoms with Gasteiger partial charge in [0.05, 0.1) is 7.11 Å². The van der Waals surface area contributed by atoms with Crippen LogP contribution in [-0.4, -0.2) is 7.11 Å². The maximum absolute atomic E-state index is 14.1. The predicted octanol–water partition coefficient (Wildman–Crippen LogP) is 6.90. The Bertz CT molecular complexity index is 809. The van der Waals surface area contributed by atoms with Gasteiger partial charge in [0.1, 0.15) is 11.4 Å². The van der Waals surface area contributed by atoms with Gasteiger partial charge in [-0.25, -0.2) is 8.78 Å². The summed E-state index contributed by atoms with van der Waals surface area (Å²) in [6.07, 6.45) is 1.10. The summed E-state index contributed by atoms with van der Waals surface area (Å²) in [5.41, 5.74) is -0.786. The summed E-state index contributed by atoms with van der Waals surface area (Å²) in [6, 6.07) is 6.78. The van der Waals surface area contributed by atoms with Crippen LogP contribution in [0, 0.1) is 11.6 Å². The Hall–Kier alpha value is -2.37. The van der Waals surface area contributed by atoms with Crippen molar-refractivity contribution in [2.75, 3.05) is 7.11 Å². The van der Waals surface area contributed by atoms with Crippen LogP contribution in [0.1, 0.15) is 48.4 Å². The van der Waals surface area contributed by atoms with Gasteiger partial charge in [0, 0.05) is 0 Å². The first-order valence-electron chi connectivity index (χ1n) is 8.68. The van der Waals surface area contributed by atoms with E-state index in [4.69, 9.17) is 0 Å². The van der Waals surface area contributed by atoms with Crippen LogP contribution < -0.4 is 4.74 Å². The summed E-state index contributed by atoms with van der Waals surface area (Å²) in [5.74, 6) is -2.35. The minimum atomic E-state index is -4.88. The molecule has 2 aromatic carbocycles. The highest BCUT2D eigenvalue weighted by Gasteiger charge is 2.37. The van der Waals surface area contributed by atoms with Crippen LogP contribution in [0.15, 0.2) is 30.3 Å². The molecule has 1 nitrogen and oxygen atoms in total. The third-order valence-electron chi connectivity index (χ3n) is 4.22. The molecule has 0 unspecified atom stereocenters. The minimum absolute atomic E-state index is 0.353. The molecule has 0 saturated carbocycles. The van der Waals surface area contributed by atoms with Gasteiger partial charge in [0.2, 0.25) is 0 Å². The highest BCUT2D eigenvalue weighted by Crippen LogP contribution is 2.38. The van der Waals surface area contributed by atoms with E-state index in [1.807, 2.05) is 0 Å². The number of alkyl halides is 3. The Kier molecular flexibility index (Phi) is 6.99. The fraction of sp³-hybridized carbons (Fsp3) is 0.333. The third-order valence-corrected chi connectivity index (χ3v) is 4.22. The maximum Gasteiger partial charge on any atom is 0.419 e.